The summed E-state index contributed by atoms with van der Waals surface area (Å²) in [4.78, 5) is 23.2. The van der Waals surface area contributed by atoms with Crippen molar-refractivity contribution in [2.75, 3.05) is 6.61 Å². The Labute approximate surface area is 124 Å². The fourth-order valence-electron chi connectivity index (χ4n) is 5.09. The zero-order chi connectivity index (χ0) is 15.0. The van der Waals surface area contributed by atoms with Crippen LogP contribution in [-0.2, 0) is 4.79 Å². The van der Waals surface area contributed by atoms with Gasteiger partial charge in [0.1, 0.15) is 6.04 Å². The van der Waals surface area contributed by atoms with Crippen molar-refractivity contribution in [2.24, 2.45) is 17.8 Å². The van der Waals surface area contributed by atoms with Crippen molar-refractivity contribution in [1.29, 1.82) is 0 Å². The lowest BCUT2D eigenvalue weighted by molar-refractivity contribution is -0.139. The highest BCUT2D eigenvalue weighted by molar-refractivity contribution is 5.82. The SMILES string of the molecule is O=C(N[C@H](CCO)C(=O)O)NC12CC3CC(CC(C3)C1)C2. The summed E-state index contributed by atoms with van der Waals surface area (Å²) >= 11 is 0. The van der Waals surface area contributed by atoms with Gasteiger partial charge in [0.15, 0.2) is 0 Å². The molecule has 4 saturated carbocycles. The van der Waals surface area contributed by atoms with E-state index in [0.717, 1.165) is 37.0 Å². The molecule has 0 unspecified atom stereocenters. The molecule has 2 amide bonds. The molecule has 21 heavy (non-hydrogen) atoms. The summed E-state index contributed by atoms with van der Waals surface area (Å²) in [6.07, 6.45) is 7.02. The second-order valence-electron chi connectivity index (χ2n) is 7.20. The Hall–Kier alpha value is -1.30. The number of hydrogen-bond donors (Lipinski definition) is 4. The number of carboxylic acid groups (broad SMARTS) is 1. The minimum absolute atomic E-state index is 0.0314. The fraction of sp³-hybridized carbons (Fsp3) is 0.867. The van der Waals surface area contributed by atoms with Crippen molar-refractivity contribution < 1.29 is 19.8 Å². The van der Waals surface area contributed by atoms with E-state index in [-0.39, 0.29) is 18.6 Å². The Morgan fingerprint density at radius 1 is 1.10 bits per heavy atom. The largest absolute Gasteiger partial charge is 0.480 e. The van der Waals surface area contributed by atoms with Crippen molar-refractivity contribution in [3.63, 3.8) is 0 Å². The molecule has 0 spiro atoms. The molecule has 0 saturated heterocycles. The van der Waals surface area contributed by atoms with E-state index in [1.54, 1.807) is 0 Å². The molecule has 0 aromatic carbocycles. The average molecular weight is 296 g/mol. The van der Waals surface area contributed by atoms with Gasteiger partial charge in [0.2, 0.25) is 0 Å². The minimum atomic E-state index is -1.11. The number of aliphatic hydroxyl groups is 1. The number of carbonyl (C=O) groups is 2. The molecular weight excluding hydrogens is 272 g/mol. The van der Waals surface area contributed by atoms with Crippen molar-refractivity contribution >= 4 is 12.0 Å². The number of urea groups is 1. The van der Waals surface area contributed by atoms with Crippen LogP contribution in [0, 0.1) is 17.8 Å². The van der Waals surface area contributed by atoms with E-state index < -0.39 is 18.0 Å². The van der Waals surface area contributed by atoms with Crippen LogP contribution >= 0.6 is 0 Å². The molecule has 0 aromatic heterocycles. The van der Waals surface area contributed by atoms with E-state index in [2.05, 4.69) is 10.6 Å². The predicted octanol–water partition coefficient (Wildman–Crippen LogP) is 1.09. The zero-order valence-corrected chi connectivity index (χ0v) is 12.2. The summed E-state index contributed by atoms with van der Waals surface area (Å²) in [7, 11) is 0. The fourth-order valence-corrected chi connectivity index (χ4v) is 5.09. The molecule has 6 nitrogen and oxygen atoms in total. The van der Waals surface area contributed by atoms with Crippen LogP contribution in [0.2, 0.25) is 0 Å². The summed E-state index contributed by atoms with van der Waals surface area (Å²) < 4.78 is 0. The highest BCUT2D eigenvalue weighted by Gasteiger charge is 2.51. The zero-order valence-electron chi connectivity index (χ0n) is 12.2. The Morgan fingerprint density at radius 2 is 1.62 bits per heavy atom. The number of amides is 2. The summed E-state index contributed by atoms with van der Waals surface area (Å²) in [5, 5.41) is 23.5. The minimum Gasteiger partial charge on any atom is -0.480 e. The van der Waals surface area contributed by atoms with Crippen LogP contribution in [0.25, 0.3) is 0 Å². The predicted molar refractivity (Wildman–Crippen MR) is 75.7 cm³/mol. The number of aliphatic hydroxyl groups excluding tert-OH is 1. The first kappa shape index (κ1) is 14.6. The van der Waals surface area contributed by atoms with E-state index in [1.807, 2.05) is 0 Å². The summed E-state index contributed by atoms with van der Waals surface area (Å²) in [5.41, 5.74) is -0.124. The molecule has 1 atom stereocenters. The standard InChI is InChI=1S/C15H24N2O4/c18-2-1-12(13(19)20)16-14(21)17-15-6-9-3-10(7-15)5-11(4-9)8-15/h9-12,18H,1-8H2,(H,19,20)(H2,16,17,21)/t9?,10?,11?,12-,15?/m1/s1. The van der Waals surface area contributed by atoms with Crippen molar-refractivity contribution in [1.82, 2.24) is 10.6 Å². The number of aliphatic carboxylic acids is 1. The Morgan fingerprint density at radius 3 is 2.05 bits per heavy atom. The van der Waals surface area contributed by atoms with Gasteiger partial charge in [-0.3, -0.25) is 0 Å². The molecule has 0 heterocycles. The highest BCUT2D eigenvalue weighted by atomic mass is 16.4. The first-order valence-electron chi connectivity index (χ1n) is 7.92. The lowest BCUT2D eigenvalue weighted by atomic mass is 9.53. The van der Waals surface area contributed by atoms with Crippen molar-refractivity contribution in [2.45, 2.75) is 56.5 Å². The van der Waals surface area contributed by atoms with Crippen LogP contribution in [0.3, 0.4) is 0 Å². The summed E-state index contributed by atoms with van der Waals surface area (Å²) in [6.45, 7) is -0.255. The van der Waals surface area contributed by atoms with Crippen LogP contribution in [0.5, 0.6) is 0 Å². The molecular formula is C15H24N2O4. The molecule has 4 aliphatic carbocycles. The number of nitrogens with one attached hydrogen (secondary N) is 2. The van der Waals surface area contributed by atoms with Gasteiger partial charge in [-0.25, -0.2) is 9.59 Å². The number of hydrogen-bond acceptors (Lipinski definition) is 3. The number of carboxylic acids is 1. The molecule has 4 rings (SSSR count). The third-order valence-corrected chi connectivity index (χ3v) is 5.44. The molecule has 4 N–H and O–H groups in total. The van der Waals surface area contributed by atoms with Gasteiger partial charge < -0.3 is 20.8 Å². The maximum absolute atomic E-state index is 12.2. The Bertz CT molecular complexity index is 402. The third kappa shape index (κ3) is 3.00. The van der Waals surface area contributed by atoms with Crippen LogP contribution in [0.4, 0.5) is 4.79 Å². The van der Waals surface area contributed by atoms with Crippen molar-refractivity contribution in [3.05, 3.63) is 0 Å². The van der Waals surface area contributed by atoms with Crippen LogP contribution in [0.15, 0.2) is 0 Å². The Balaban J connectivity index is 1.61. The first-order chi connectivity index (χ1) is 9.99. The summed E-state index contributed by atoms with van der Waals surface area (Å²) in [6, 6.07) is -1.43. The average Bonchev–Trinajstić information content (AvgIpc) is 2.35. The van der Waals surface area contributed by atoms with E-state index in [0.29, 0.717) is 0 Å². The molecule has 4 bridgehead atoms. The molecule has 6 heteroatoms. The lowest BCUT2D eigenvalue weighted by Crippen LogP contribution is -2.62. The maximum Gasteiger partial charge on any atom is 0.326 e. The molecule has 0 aromatic rings. The van der Waals surface area contributed by atoms with Crippen LogP contribution in [-0.4, -0.2) is 40.4 Å². The highest BCUT2D eigenvalue weighted by Crippen LogP contribution is 2.55. The van der Waals surface area contributed by atoms with Crippen LogP contribution < -0.4 is 10.6 Å². The van der Waals surface area contributed by atoms with Gasteiger partial charge in [-0.05, 0) is 56.3 Å². The van der Waals surface area contributed by atoms with Gasteiger partial charge in [-0.15, -0.1) is 0 Å². The van der Waals surface area contributed by atoms with Gasteiger partial charge >= 0.3 is 12.0 Å². The molecule has 0 radical (unpaired) electrons. The van der Waals surface area contributed by atoms with E-state index in [4.69, 9.17) is 10.2 Å². The normalized spacial score (nSPS) is 38.0. The second kappa shape index (κ2) is 5.48. The van der Waals surface area contributed by atoms with Crippen molar-refractivity contribution in [3.8, 4) is 0 Å². The molecule has 4 fully saturated rings. The second-order valence-corrected chi connectivity index (χ2v) is 7.20. The molecule has 0 aliphatic heterocycles. The number of rotatable bonds is 5. The van der Waals surface area contributed by atoms with Gasteiger partial charge in [0, 0.05) is 18.6 Å². The Kier molecular flexibility index (Phi) is 3.82. The topological polar surface area (TPSA) is 98.7 Å². The third-order valence-electron chi connectivity index (χ3n) is 5.44. The first-order valence-corrected chi connectivity index (χ1v) is 7.92. The van der Waals surface area contributed by atoms with Crippen LogP contribution in [0.1, 0.15) is 44.9 Å². The smallest absolute Gasteiger partial charge is 0.326 e. The molecule has 118 valence electrons. The monoisotopic (exact) mass is 296 g/mol. The van der Waals surface area contributed by atoms with Gasteiger partial charge in [-0.1, -0.05) is 0 Å². The number of carbonyl (C=O) groups excluding carboxylic acids is 1. The molecule has 4 aliphatic rings. The van der Waals surface area contributed by atoms with Gasteiger partial charge in [0.25, 0.3) is 0 Å². The van der Waals surface area contributed by atoms with E-state index in [9.17, 15) is 9.59 Å². The quantitative estimate of drug-likeness (QED) is 0.610. The lowest BCUT2D eigenvalue weighted by Gasteiger charge is -2.56. The maximum atomic E-state index is 12.2. The van der Waals surface area contributed by atoms with Gasteiger partial charge in [0.05, 0.1) is 0 Å². The van der Waals surface area contributed by atoms with Gasteiger partial charge in [-0.2, -0.15) is 0 Å². The summed E-state index contributed by atoms with van der Waals surface area (Å²) in [5.74, 6) is 1.07. The van der Waals surface area contributed by atoms with E-state index >= 15 is 0 Å². The van der Waals surface area contributed by atoms with E-state index in [1.165, 1.54) is 19.3 Å².